The molecule has 0 bridgehead atoms. The van der Waals surface area contributed by atoms with Gasteiger partial charge in [-0.1, -0.05) is 59.6 Å². The van der Waals surface area contributed by atoms with E-state index in [1.54, 1.807) is 12.1 Å². The van der Waals surface area contributed by atoms with E-state index < -0.39 is 0 Å². The van der Waals surface area contributed by atoms with Crippen LogP contribution in [0.4, 0.5) is 0 Å². The Hall–Kier alpha value is -2.00. The van der Waals surface area contributed by atoms with Crippen LogP contribution < -0.4 is 4.74 Å². The molecule has 27 heavy (non-hydrogen) atoms. The largest absolute Gasteiger partial charge is 0.488 e. The van der Waals surface area contributed by atoms with Gasteiger partial charge in [-0.15, -0.1) is 0 Å². The molecule has 0 aliphatic heterocycles. The summed E-state index contributed by atoms with van der Waals surface area (Å²) < 4.78 is 7.08. The van der Waals surface area contributed by atoms with Crippen molar-refractivity contribution in [2.45, 2.75) is 6.61 Å². The number of halogens is 3. The lowest BCUT2D eigenvalue weighted by Crippen LogP contribution is -1.98. The van der Waals surface area contributed by atoms with Crippen molar-refractivity contribution in [2.75, 3.05) is 0 Å². The first-order chi connectivity index (χ1) is 13.1. The van der Waals surface area contributed by atoms with Crippen LogP contribution in [0.5, 0.6) is 5.75 Å². The van der Waals surface area contributed by atoms with Gasteiger partial charge in [-0.25, -0.2) is 0 Å². The maximum atomic E-state index is 9.58. The van der Waals surface area contributed by atoms with Crippen molar-refractivity contribution < 1.29 is 4.74 Å². The molecule has 0 fully saturated rings. The normalized spacial score (nSPS) is 11.1. The number of para-hydroxylation sites is 1. The van der Waals surface area contributed by atoms with E-state index >= 15 is 0 Å². The molecule has 0 saturated carbocycles. The van der Waals surface area contributed by atoms with Crippen molar-refractivity contribution in [3.8, 4) is 11.8 Å². The van der Waals surface area contributed by atoms with Crippen LogP contribution in [-0.4, -0.2) is 0 Å². The standard InChI is InChI=1S/C22H14Cl2INO/c23-19-8-5-17(21(24)12-19)14-27-22-4-2-1-3-16(22)11-18(13-26)15-6-9-20(25)10-7-15/h1-12H,14H2/b18-11-. The van der Waals surface area contributed by atoms with Crippen LogP contribution in [0.2, 0.25) is 10.0 Å². The van der Waals surface area contributed by atoms with Gasteiger partial charge in [0.25, 0.3) is 0 Å². The van der Waals surface area contributed by atoms with Gasteiger partial charge in [-0.3, -0.25) is 0 Å². The number of allylic oxidation sites excluding steroid dienone is 1. The fraction of sp³-hybridized carbons (Fsp3) is 0.0455. The second-order valence-corrected chi connectivity index (χ2v) is 7.83. The molecule has 0 aromatic heterocycles. The highest BCUT2D eigenvalue weighted by Crippen LogP contribution is 2.27. The second-order valence-electron chi connectivity index (χ2n) is 5.74. The Morgan fingerprint density at radius 3 is 2.48 bits per heavy atom. The lowest BCUT2D eigenvalue weighted by molar-refractivity contribution is 0.305. The van der Waals surface area contributed by atoms with E-state index in [1.807, 2.05) is 60.7 Å². The van der Waals surface area contributed by atoms with Crippen LogP contribution in [0.3, 0.4) is 0 Å². The van der Waals surface area contributed by atoms with Gasteiger partial charge in [0.15, 0.2) is 0 Å². The predicted octanol–water partition coefficient (Wildman–Crippen LogP) is 7.24. The minimum absolute atomic E-state index is 0.312. The van der Waals surface area contributed by atoms with Gasteiger partial charge in [0, 0.05) is 24.7 Å². The van der Waals surface area contributed by atoms with Crippen LogP contribution in [0.25, 0.3) is 11.6 Å². The van der Waals surface area contributed by atoms with E-state index in [9.17, 15) is 5.26 Å². The number of nitriles is 1. The molecule has 0 unspecified atom stereocenters. The average molecular weight is 506 g/mol. The lowest BCUT2D eigenvalue weighted by atomic mass is 10.0. The van der Waals surface area contributed by atoms with Crippen molar-refractivity contribution in [1.82, 2.24) is 0 Å². The number of hydrogen-bond donors (Lipinski definition) is 0. The third kappa shape index (κ3) is 5.26. The zero-order valence-electron chi connectivity index (χ0n) is 14.1. The third-order valence-corrected chi connectivity index (χ3v) is 5.20. The van der Waals surface area contributed by atoms with Gasteiger partial charge in [0.1, 0.15) is 12.4 Å². The molecule has 3 rings (SSSR count). The van der Waals surface area contributed by atoms with Gasteiger partial charge in [-0.05, 0) is 64.6 Å². The molecule has 2 nitrogen and oxygen atoms in total. The van der Waals surface area contributed by atoms with Crippen LogP contribution >= 0.6 is 45.8 Å². The molecule has 3 aromatic rings. The average Bonchev–Trinajstić information content (AvgIpc) is 2.67. The molecule has 0 aliphatic rings. The van der Waals surface area contributed by atoms with Gasteiger partial charge >= 0.3 is 0 Å². The van der Waals surface area contributed by atoms with Gasteiger partial charge in [0.2, 0.25) is 0 Å². The number of benzene rings is 3. The van der Waals surface area contributed by atoms with Crippen LogP contribution in [0, 0.1) is 14.9 Å². The fourth-order valence-electron chi connectivity index (χ4n) is 2.49. The Morgan fingerprint density at radius 2 is 1.78 bits per heavy atom. The summed E-state index contributed by atoms with van der Waals surface area (Å²) in [4.78, 5) is 0. The first-order valence-corrected chi connectivity index (χ1v) is 9.94. The van der Waals surface area contributed by atoms with Crippen molar-refractivity contribution >= 4 is 57.4 Å². The van der Waals surface area contributed by atoms with E-state index in [2.05, 4.69) is 28.7 Å². The Kier molecular flexibility index (Phi) is 6.78. The van der Waals surface area contributed by atoms with Crippen molar-refractivity contribution in [3.05, 3.63) is 97.0 Å². The molecule has 0 atom stereocenters. The summed E-state index contributed by atoms with van der Waals surface area (Å²) in [6.45, 7) is 0.312. The van der Waals surface area contributed by atoms with E-state index in [0.29, 0.717) is 28.0 Å². The number of ether oxygens (including phenoxy) is 1. The fourth-order valence-corrected chi connectivity index (χ4v) is 3.31. The first-order valence-electron chi connectivity index (χ1n) is 8.10. The van der Waals surface area contributed by atoms with Gasteiger partial charge in [-0.2, -0.15) is 5.26 Å². The quantitative estimate of drug-likeness (QED) is 0.208. The lowest BCUT2D eigenvalue weighted by Gasteiger charge is -2.11. The van der Waals surface area contributed by atoms with Crippen LogP contribution in [0.1, 0.15) is 16.7 Å². The monoisotopic (exact) mass is 505 g/mol. The minimum Gasteiger partial charge on any atom is -0.488 e. The smallest absolute Gasteiger partial charge is 0.127 e. The molecule has 5 heteroatoms. The summed E-state index contributed by atoms with van der Waals surface area (Å²) in [5.41, 5.74) is 3.12. The summed E-state index contributed by atoms with van der Waals surface area (Å²) in [7, 11) is 0. The Labute approximate surface area is 182 Å². The molecule has 0 heterocycles. The van der Waals surface area contributed by atoms with Gasteiger partial charge in [0.05, 0.1) is 11.6 Å². The van der Waals surface area contributed by atoms with Crippen LogP contribution in [-0.2, 0) is 6.61 Å². The highest BCUT2D eigenvalue weighted by molar-refractivity contribution is 14.1. The Balaban J connectivity index is 1.87. The molecule has 0 spiro atoms. The van der Waals surface area contributed by atoms with E-state index in [-0.39, 0.29) is 0 Å². The molecule has 3 aromatic carbocycles. The van der Waals surface area contributed by atoms with Crippen molar-refractivity contribution in [1.29, 1.82) is 5.26 Å². The molecule has 0 saturated heterocycles. The molecule has 0 radical (unpaired) electrons. The molecular formula is C22H14Cl2INO. The Bertz CT molecular complexity index is 1020. The Morgan fingerprint density at radius 1 is 1.04 bits per heavy atom. The highest BCUT2D eigenvalue weighted by atomic mass is 127. The number of hydrogen-bond acceptors (Lipinski definition) is 2. The van der Waals surface area contributed by atoms with E-state index in [0.717, 1.165) is 20.3 Å². The molecule has 0 aliphatic carbocycles. The summed E-state index contributed by atoms with van der Waals surface area (Å²) in [5, 5.41) is 10.7. The summed E-state index contributed by atoms with van der Waals surface area (Å²) in [6, 6.07) is 23.0. The molecule has 0 amide bonds. The van der Waals surface area contributed by atoms with Crippen molar-refractivity contribution in [2.24, 2.45) is 0 Å². The number of rotatable bonds is 5. The predicted molar refractivity (Wildman–Crippen MR) is 120 cm³/mol. The first kappa shape index (κ1) is 19.8. The highest BCUT2D eigenvalue weighted by Gasteiger charge is 2.07. The minimum atomic E-state index is 0.312. The molecular weight excluding hydrogens is 492 g/mol. The maximum Gasteiger partial charge on any atom is 0.127 e. The van der Waals surface area contributed by atoms with E-state index in [1.165, 1.54) is 0 Å². The summed E-state index contributed by atoms with van der Waals surface area (Å²) in [6.07, 6.45) is 1.83. The zero-order valence-corrected chi connectivity index (χ0v) is 17.8. The maximum absolute atomic E-state index is 9.58. The van der Waals surface area contributed by atoms with Gasteiger partial charge < -0.3 is 4.74 Å². The SMILES string of the molecule is N#C/C(=C/c1ccccc1OCc1ccc(Cl)cc1Cl)c1ccc(I)cc1. The molecule has 0 N–H and O–H groups in total. The molecule has 134 valence electrons. The van der Waals surface area contributed by atoms with E-state index in [4.69, 9.17) is 27.9 Å². The third-order valence-electron chi connectivity index (χ3n) is 3.89. The van der Waals surface area contributed by atoms with Crippen LogP contribution in [0.15, 0.2) is 66.7 Å². The topological polar surface area (TPSA) is 33.0 Å². The van der Waals surface area contributed by atoms with Crippen molar-refractivity contribution in [3.63, 3.8) is 0 Å². The summed E-state index contributed by atoms with van der Waals surface area (Å²) in [5.74, 6) is 0.682. The number of nitrogens with zero attached hydrogens (tertiary/aromatic N) is 1. The summed E-state index contributed by atoms with van der Waals surface area (Å²) >= 11 is 14.4. The zero-order chi connectivity index (χ0) is 19.2. The second kappa shape index (κ2) is 9.27.